The van der Waals surface area contributed by atoms with E-state index >= 15 is 0 Å². The first kappa shape index (κ1) is 71.3. The van der Waals surface area contributed by atoms with E-state index in [1.165, 1.54) is 44.5 Å². The van der Waals surface area contributed by atoms with Crippen LogP contribution < -0.4 is 0 Å². The van der Waals surface area contributed by atoms with Crippen LogP contribution in [0, 0.1) is 0 Å². The third kappa shape index (κ3) is 12.1. The number of benzene rings is 6. The van der Waals surface area contributed by atoms with Crippen molar-refractivity contribution in [3.05, 3.63) is 198 Å². The summed E-state index contributed by atoms with van der Waals surface area (Å²) in [6, 6.07) is 47.4. The van der Waals surface area contributed by atoms with Gasteiger partial charge < -0.3 is 19.9 Å². The van der Waals surface area contributed by atoms with Gasteiger partial charge in [0.25, 0.3) is 0 Å². The van der Waals surface area contributed by atoms with Crippen molar-refractivity contribution in [2.45, 2.75) is 209 Å². The Morgan fingerprint density at radius 2 is 0.500 bits per heavy atom. The van der Waals surface area contributed by atoms with Crippen LogP contribution in [0.4, 0.5) is 0 Å². The molecule has 0 saturated carbocycles. The SMILES string of the molecule is CC(C)(C)c1cc(-c2c3nc(c(Br)c4ccc([nH]4)c(-c4cc(C(C)(C)C)cc(C(C)(C)C)c4)c4cc5c6cc7[nH]c6c6c8nc(cc8c8cc2[nH]c8c6c5n4)c(-c2cc(C(C)(C)C)cc(C(C)(C)C)c2)c2ccc([nH]2)c(Br)c2nc(c7-c4cc(C(C)(C)C)cc(C(C)(C)C)c4)C=C2)C=C3)cc(C(C)(C)C)c1. The maximum atomic E-state index is 6.24. The molecular weight excluding hydrogens is 1420 g/mol. The summed E-state index contributed by atoms with van der Waals surface area (Å²) in [6.45, 7) is 55.7. The highest BCUT2D eigenvalue weighted by molar-refractivity contribution is 9.11. The van der Waals surface area contributed by atoms with Crippen LogP contribution in [0.5, 0.6) is 0 Å². The minimum absolute atomic E-state index is 0.170. The summed E-state index contributed by atoms with van der Waals surface area (Å²) in [5.74, 6) is 0. The summed E-state index contributed by atoms with van der Waals surface area (Å²) >= 11 is 8.42. The van der Waals surface area contributed by atoms with E-state index in [2.05, 4.69) is 364 Å². The van der Waals surface area contributed by atoms with Crippen LogP contribution in [0.25, 0.3) is 167 Å². The normalized spacial score (nSPS) is 13.9. The Kier molecular flexibility index (Phi) is 16.0. The fraction of sp³-hybridized carbons (Fsp3) is 0.333. The number of hydrogen-bond donors (Lipinski definition) is 4. The number of hydrogen-bond acceptors (Lipinski definition) is 4. The molecule has 0 saturated heterocycles. The van der Waals surface area contributed by atoms with Crippen LogP contribution in [0.1, 0.15) is 233 Å². The van der Waals surface area contributed by atoms with E-state index in [1.54, 1.807) is 0 Å². The number of aromatic amines is 4. The molecule has 2 aliphatic rings. The lowest BCUT2D eigenvalue weighted by Gasteiger charge is -2.26. The fourth-order valence-electron chi connectivity index (χ4n) is 15.8. The van der Waals surface area contributed by atoms with E-state index < -0.39 is 0 Å². The van der Waals surface area contributed by atoms with Crippen LogP contribution in [-0.2, 0) is 43.3 Å². The molecule has 8 aromatic heterocycles. The predicted molar refractivity (Wildman–Crippen MR) is 464 cm³/mol. The largest absolute Gasteiger partial charge is 0.354 e. The van der Waals surface area contributed by atoms with Crippen LogP contribution in [0.3, 0.4) is 0 Å². The van der Waals surface area contributed by atoms with E-state index in [4.69, 9.17) is 19.9 Å². The molecule has 10 heterocycles. The molecule has 2 aliphatic heterocycles. The molecule has 0 atom stereocenters. The van der Waals surface area contributed by atoms with E-state index in [9.17, 15) is 0 Å². The molecule has 8 nitrogen and oxygen atoms in total. The maximum Gasteiger partial charge on any atom is 0.0818 e. The molecule has 10 heteroatoms. The van der Waals surface area contributed by atoms with Gasteiger partial charge in [0.1, 0.15) is 0 Å². The Morgan fingerprint density at radius 3 is 0.774 bits per heavy atom. The number of fused-ring (bicyclic) bond motifs is 14. The summed E-state index contributed by atoms with van der Waals surface area (Å²) < 4.78 is 1.73. The van der Waals surface area contributed by atoms with Gasteiger partial charge in [-0.25, -0.2) is 19.9 Å². The number of rotatable bonds is 4. The Labute approximate surface area is 641 Å². The first-order chi connectivity index (χ1) is 49.3. The average molecular weight is 1530 g/mol. The smallest absolute Gasteiger partial charge is 0.0818 e. The molecule has 0 fully saturated rings. The van der Waals surface area contributed by atoms with Crippen molar-refractivity contribution in [1.29, 1.82) is 0 Å². The molecule has 14 aromatic rings. The third-order valence-electron chi connectivity index (χ3n) is 22.5. The summed E-state index contributed by atoms with van der Waals surface area (Å²) in [7, 11) is 0. The highest BCUT2D eigenvalue weighted by atomic mass is 79.9. The topological polar surface area (TPSA) is 115 Å². The van der Waals surface area contributed by atoms with Gasteiger partial charge in [0.05, 0.1) is 75.9 Å². The van der Waals surface area contributed by atoms with Gasteiger partial charge in [-0.2, -0.15) is 0 Å². The quantitative estimate of drug-likeness (QED) is 0.141. The maximum absolute atomic E-state index is 6.24. The van der Waals surface area contributed by atoms with E-state index in [-0.39, 0.29) is 43.3 Å². The molecule has 4 N–H and O–H groups in total. The predicted octanol–water partition coefficient (Wildman–Crippen LogP) is 28.2. The van der Waals surface area contributed by atoms with Crippen molar-refractivity contribution in [2.24, 2.45) is 0 Å². The number of nitrogens with zero attached hydrogens (tertiary/aromatic N) is 4. The van der Waals surface area contributed by atoms with Crippen molar-refractivity contribution in [2.75, 3.05) is 0 Å². The number of nitrogens with one attached hydrogen (secondary N) is 4. The zero-order valence-electron chi connectivity index (χ0n) is 66.4. The second-order valence-electron chi connectivity index (χ2n) is 38.8. The first-order valence-electron chi connectivity index (χ1n) is 37.8. The van der Waals surface area contributed by atoms with Gasteiger partial charge in [-0.3, -0.25) is 0 Å². The molecule has 0 radical (unpaired) electrons. The first-order valence-corrected chi connectivity index (χ1v) is 39.4. The van der Waals surface area contributed by atoms with Crippen molar-refractivity contribution < 1.29 is 0 Å². The molecule has 0 spiro atoms. The minimum atomic E-state index is -0.170. The Hall–Kier alpha value is -8.96. The number of H-pyrrole nitrogens is 4. The van der Waals surface area contributed by atoms with Gasteiger partial charge in [-0.05, 0) is 215 Å². The zero-order chi connectivity index (χ0) is 75.7. The second kappa shape index (κ2) is 23.8. The standard InChI is InChI=1S/C96H100Br2N8/c1-89(2,3)53-33-49(34-54(41-53)90(4,5)6)77-65-25-29-69(99-65)83(97)70-30-26-66(100-70)79(51-37-57(93(13,14)15)43-58(38-51)94(16,17)18)75-47-63-64-48-76-80(52-39-59(95(19,20)21)44-60(40-52)96(22,23)24)68-28-32-72(102-68)84(98)71-31-27-67(101-71)78(50-35-55(91(7,8)9)42-56(36-50)92(10,11)12)74-46-62-61-45-73(77)103-85(61)81(87(63)105-75)82(86(62)104-74)88(64)106-76/h25-48,99,102,104-105H,1-24H3. The van der Waals surface area contributed by atoms with Gasteiger partial charge in [-0.1, -0.05) is 239 Å². The van der Waals surface area contributed by atoms with Crippen molar-refractivity contribution in [3.8, 4) is 44.5 Å². The van der Waals surface area contributed by atoms with E-state index in [0.717, 1.165) is 175 Å². The molecule has 16 rings (SSSR count). The lowest BCUT2D eigenvalue weighted by molar-refractivity contribution is 0.568. The Bertz CT molecular complexity index is 5830. The highest BCUT2D eigenvalue weighted by Crippen LogP contribution is 2.51. The van der Waals surface area contributed by atoms with E-state index in [1.807, 2.05) is 0 Å². The molecule has 0 unspecified atom stereocenters. The molecule has 0 amide bonds. The molecule has 6 aromatic carbocycles. The lowest BCUT2D eigenvalue weighted by atomic mass is 9.78. The molecule has 538 valence electrons. The average Bonchev–Trinajstić information content (AvgIpc) is 1.53. The number of halogens is 2. The van der Waals surface area contributed by atoms with Crippen LogP contribution in [-0.4, -0.2) is 39.9 Å². The lowest BCUT2D eigenvalue weighted by Crippen LogP contribution is -2.16. The molecule has 16 bridgehead atoms. The van der Waals surface area contributed by atoms with Crippen molar-refractivity contribution in [3.63, 3.8) is 0 Å². The summed E-state index contributed by atoms with van der Waals surface area (Å²) in [6.07, 6.45) is 8.75. The van der Waals surface area contributed by atoms with Crippen molar-refractivity contribution >= 4 is 155 Å². The summed E-state index contributed by atoms with van der Waals surface area (Å²) in [4.78, 5) is 40.7. The minimum Gasteiger partial charge on any atom is -0.354 e. The van der Waals surface area contributed by atoms with Gasteiger partial charge >= 0.3 is 0 Å². The van der Waals surface area contributed by atoms with Gasteiger partial charge in [0, 0.05) is 76.6 Å². The fourth-order valence-corrected chi connectivity index (χ4v) is 16.7. The summed E-state index contributed by atoms with van der Waals surface area (Å²) in [5.41, 5.74) is 31.4. The molecular formula is C96H100Br2N8. The number of aromatic nitrogens is 8. The zero-order valence-corrected chi connectivity index (χ0v) is 69.6. The Morgan fingerprint density at radius 1 is 0.245 bits per heavy atom. The van der Waals surface area contributed by atoms with Gasteiger partial charge in [0.2, 0.25) is 0 Å². The monoisotopic (exact) mass is 1520 g/mol. The van der Waals surface area contributed by atoms with Crippen LogP contribution >= 0.6 is 31.9 Å². The Balaban J connectivity index is 1.21. The molecule has 0 aliphatic carbocycles. The summed E-state index contributed by atoms with van der Waals surface area (Å²) in [5, 5.41) is 6.09. The van der Waals surface area contributed by atoms with Crippen LogP contribution in [0.2, 0.25) is 0 Å². The molecule has 106 heavy (non-hydrogen) atoms. The van der Waals surface area contributed by atoms with E-state index in [0.29, 0.717) is 0 Å². The van der Waals surface area contributed by atoms with Crippen molar-refractivity contribution in [1.82, 2.24) is 39.9 Å². The van der Waals surface area contributed by atoms with Gasteiger partial charge in [0.15, 0.2) is 0 Å². The van der Waals surface area contributed by atoms with Crippen LogP contribution in [0.15, 0.2) is 130 Å². The highest BCUT2D eigenvalue weighted by Gasteiger charge is 2.32. The third-order valence-corrected chi connectivity index (χ3v) is 24.1. The van der Waals surface area contributed by atoms with Gasteiger partial charge in [-0.15, -0.1) is 0 Å². The second-order valence-corrected chi connectivity index (χ2v) is 40.4.